The van der Waals surface area contributed by atoms with Crippen molar-refractivity contribution >= 4 is 17.5 Å². The van der Waals surface area contributed by atoms with Crippen molar-refractivity contribution in [2.75, 3.05) is 20.6 Å². The van der Waals surface area contributed by atoms with E-state index in [4.69, 9.17) is 0 Å². The van der Waals surface area contributed by atoms with E-state index < -0.39 is 17.4 Å². The maximum absolute atomic E-state index is 12.2. The molecule has 2 heterocycles. The molecule has 2 aromatic rings. The maximum atomic E-state index is 12.2. The van der Waals surface area contributed by atoms with Gasteiger partial charge in [-0.25, -0.2) is 9.78 Å². The highest BCUT2D eigenvalue weighted by Gasteiger charge is 2.16. The molecule has 0 aliphatic rings. The van der Waals surface area contributed by atoms with Crippen molar-refractivity contribution in [2.24, 2.45) is 14.1 Å². The third-order valence-corrected chi connectivity index (χ3v) is 3.33. The summed E-state index contributed by atoms with van der Waals surface area (Å²) in [4.78, 5) is 28.2. The molecule has 2 rings (SSSR count). The minimum atomic E-state index is -0.699. The topological polar surface area (TPSA) is 97.1 Å². The van der Waals surface area contributed by atoms with Crippen LogP contribution in [0.1, 0.15) is 0 Å². The Labute approximate surface area is 126 Å². The Morgan fingerprint density at radius 2 is 2.05 bits per heavy atom. The van der Waals surface area contributed by atoms with Gasteiger partial charge in [0.15, 0.2) is 11.2 Å². The van der Waals surface area contributed by atoms with Crippen molar-refractivity contribution in [3.63, 3.8) is 0 Å². The zero-order chi connectivity index (χ0) is 16.4. The molecular formula is C13H21N6O3+. The molecule has 22 heavy (non-hydrogen) atoms. The highest BCUT2D eigenvalue weighted by Crippen LogP contribution is 2.06. The molecule has 0 bridgehead atoms. The van der Waals surface area contributed by atoms with Crippen molar-refractivity contribution in [3.05, 3.63) is 27.2 Å². The molecule has 1 atom stereocenters. The van der Waals surface area contributed by atoms with E-state index in [-0.39, 0.29) is 6.54 Å². The Kier molecular flexibility index (Phi) is 4.45. The van der Waals surface area contributed by atoms with Crippen LogP contribution in [0.15, 0.2) is 15.9 Å². The number of nitrogens with zero attached hydrogens (tertiary/aromatic N) is 5. The first-order valence-electron chi connectivity index (χ1n) is 6.85. The maximum Gasteiger partial charge on any atom is 0.332 e. The number of aryl methyl sites for hydroxylation is 1. The second kappa shape index (κ2) is 6.14. The molecule has 0 spiro atoms. The number of imidazole rings is 1. The predicted molar refractivity (Wildman–Crippen MR) is 82.4 cm³/mol. The number of nitrogens with one attached hydrogen (secondary N) is 1. The van der Waals surface area contributed by atoms with E-state index in [1.807, 2.05) is 18.7 Å². The molecule has 0 saturated carbocycles. The lowest BCUT2D eigenvalue weighted by atomic mass is 10.3. The summed E-state index contributed by atoms with van der Waals surface area (Å²) in [5.74, 6) is 0. The molecule has 9 heteroatoms. The molecule has 0 unspecified atom stereocenters. The van der Waals surface area contributed by atoms with Gasteiger partial charge in [-0.3, -0.25) is 23.8 Å². The van der Waals surface area contributed by atoms with Crippen LogP contribution in [0.3, 0.4) is 0 Å². The molecule has 0 amide bonds. The minimum Gasteiger partial charge on any atom is -0.387 e. The molecule has 0 saturated heterocycles. The van der Waals surface area contributed by atoms with E-state index in [1.54, 1.807) is 18.0 Å². The van der Waals surface area contributed by atoms with Crippen LogP contribution < -0.4 is 16.6 Å². The number of fused-ring (bicyclic) bond motifs is 1. The van der Waals surface area contributed by atoms with Crippen LogP contribution in [0.25, 0.3) is 11.2 Å². The van der Waals surface area contributed by atoms with E-state index in [0.717, 1.165) is 4.57 Å². The van der Waals surface area contributed by atoms with Crippen molar-refractivity contribution < 1.29 is 9.68 Å². The molecular weight excluding hydrogens is 288 g/mol. The highest BCUT2D eigenvalue weighted by molar-refractivity contribution is 5.69. The number of rotatable bonds is 5. The molecule has 0 aromatic carbocycles. The molecule has 0 aliphatic carbocycles. The standard InChI is InChI=1S/C13H20N6O3/c1-16(2)7-14-5-9(20)6-19-8-15-11-10(19)12(21)18(4)13(22)17(11)3/h7-9,20H,5-6H2,1-4H3/p+1/t9-/m0/s1. The summed E-state index contributed by atoms with van der Waals surface area (Å²) >= 11 is 0. The SMILES string of the molecule is Cn1c(=O)c2c(ncn2C[C@@H](O)CNC=[N+](C)C)n(C)c1=O. The first-order valence-corrected chi connectivity index (χ1v) is 6.85. The van der Waals surface area contributed by atoms with Crippen molar-refractivity contribution in [1.82, 2.24) is 24.0 Å². The summed E-state index contributed by atoms with van der Waals surface area (Å²) in [5, 5.41) is 13.0. The van der Waals surface area contributed by atoms with Gasteiger partial charge in [0.2, 0.25) is 6.34 Å². The van der Waals surface area contributed by atoms with Crippen LogP contribution in [0, 0.1) is 0 Å². The Bertz CT molecular complexity index is 825. The van der Waals surface area contributed by atoms with E-state index in [1.165, 1.54) is 17.9 Å². The Morgan fingerprint density at radius 3 is 2.68 bits per heavy atom. The van der Waals surface area contributed by atoms with Crippen molar-refractivity contribution in [1.29, 1.82) is 0 Å². The number of hydrogen-bond acceptors (Lipinski definition) is 4. The first kappa shape index (κ1) is 16.0. The van der Waals surface area contributed by atoms with Gasteiger partial charge in [0.25, 0.3) is 5.56 Å². The summed E-state index contributed by atoms with van der Waals surface area (Å²) < 4.78 is 5.74. The highest BCUT2D eigenvalue weighted by atomic mass is 16.3. The molecule has 0 fully saturated rings. The van der Waals surface area contributed by atoms with Gasteiger partial charge in [-0.05, 0) is 0 Å². The zero-order valence-corrected chi connectivity index (χ0v) is 13.1. The van der Waals surface area contributed by atoms with Crippen LogP contribution >= 0.6 is 0 Å². The fourth-order valence-electron chi connectivity index (χ4n) is 2.20. The summed E-state index contributed by atoms with van der Waals surface area (Å²) in [7, 11) is 6.72. The minimum absolute atomic E-state index is 0.207. The number of aromatic nitrogens is 4. The average Bonchev–Trinajstić information content (AvgIpc) is 2.86. The third kappa shape index (κ3) is 2.93. The summed E-state index contributed by atoms with van der Waals surface area (Å²) in [6, 6.07) is 0. The van der Waals surface area contributed by atoms with Crippen LogP contribution in [-0.2, 0) is 20.6 Å². The third-order valence-electron chi connectivity index (χ3n) is 3.33. The van der Waals surface area contributed by atoms with Gasteiger partial charge in [-0.15, -0.1) is 0 Å². The van der Waals surface area contributed by atoms with Crippen molar-refractivity contribution in [2.45, 2.75) is 12.6 Å². The van der Waals surface area contributed by atoms with E-state index in [2.05, 4.69) is 10.3 Å². The summed E-state index contributed by atoms with van der Waals surface area (Å²) in [6.07, 6.45) is 2.50. The van der Waals surface area contributed by atoms with Crippen LogP contribution in [0.4, 0.5) is 0 Å². The Hall–Kier alpha value is -2.42. The molecule has 0 radical (unpaired) electrons. The normalized spacial score (nSPS) is 12.4. The molecule has 2 aromatic heterocycles. The summed E-state index contributed by atoms with van der Waals surface area (Å²) in [5.41, 5.74) is -0.227. The van der Waals surface area contributed by atoms with Gasteiger partial charge < -0.3 is 9.67 Å². The second-order valence-corrected chi connectivity index (χ2v) is 5.43. The largest absolute Gasteiger partial charge is 0.387 e. The number of aliphatic hydroxyl groups excluding tert-OH is 1. The monoisotopic (exact) mass is 309 g/mol. The van der Waals surface area contributed by atoms with Gasteiger partial charge in [-0.2, -0.15) is 0 Å². The molecule has 2 N–H and O–H groups in total. The van der Waals surface area contributed by atoms with E-state index >= 15 is 0 Å². The van der Waals surface area contributed by atoms with E-state index in [0.29, 0.717) is 17.7 Å². The zero-order valence-electron chi connectivity index (χ0n) is 13.1. The van der Waals surface area contributed by atoms with Crippen LogP contribution in [0.5, 0.6) is 0 Å². The van der Waals surface area contributed by atoms with Gasteiger partial charge in [0.1, 0.15) is 12.6 Å². The molecule has 0 aliphatic heterocycles. The Balaban J connectivity index is 2.32. The molecule has 120 valence electrons. The van der Waals surface area contributed by atoms with Crippen molar-refractivity contribution in [3.8, 4) is 0 Å². The van der Waals surface area contributed by atoms with Gasteiger partial charge in [-0.1, -0.05) is 0 Å². The fraction of sp³-hybridized carbons (Fsp3) is 0.538. The lowest BCUT2D eigenvalue weighted by Crippen LogP contribution is -2.38. The lowest BCUT2D eigenvalue weighted by molar-refractivity contribution is -0.461. The van der Waals surface area contributed by atoms with Gasteiger partial charge in [0.05, 0.1) is 27.0 Å². The second-order valence-electron chi connectivity index (χ2n) is 5.43. The average molecular weight is 309 g/mol. The quantitative estimate of drug-likeness (QED) is 0.367. The van der Waals surface area contributed by atoms with Crippen LogP contribution in [0.2, 0.25) is 0 Å². The molecule has 9 nitrogen and oxygen atoms in total. The fourth-order valence-corrected chi connectivity index (χ4v) is 2.20. The first-order chi connectivity index (χ1) is 10.3. The van der Waals surface area contributed by atoms with E-state index in [9.17, 15) is 14.7 Å². The van der Waals surface area contributed by atoms with Crippen LogP contribution in [-0.4, -0.2) is 61.4 Å². The van der Waals surface area contributed by atoms with Gasteiger partial charge >= 0.3 is 5.69 Å². The predicted octanol–water partition coefficient (Wildman–Crippen LogP) is -2.32. The lowest BCUT2D eigenvalue weighted by Gasteiger charge is -2.10. The van der Waals surface area contributed by atoms with Gasteiger partial charge in [0, 0.05) is 14.1 Å². The Morgan fingerprint density at radius 1 is 1.36 bits per heavy atom. The number of hydrogen-bond donors (Lipinski definition) is 2. The number of aliphatic hydroxyl groups is 1. The smallest absolute Gasteiger partial charge is 0.332 e. The summed E-state index contributed by atoms with van der Waals surface area (Å²) in [6.45, 7) is 0.544.